The molecule has 0 spiro atoms. The Morgan fingerprint density at radius 2 is 2.16 bits per heavy atom. The molecule has 2 aromatic rings. The molecule has 19 heavy (non-hydrogen) atoms. The van der Waals surface area contributed by atoms with E-state index in [-0.39, 0.29) is 11.2 Å². The van der Waals surface area contributed by atoms with Crippen molar-refractivity contribution in [1.82, 2.24) is 10.3 Å². The van der Waals surface area contributed by atoms with E-state index in [4.69, 9.17) is 4.42 Å². The highest BCUT2D eigenvalue weighted by Gasteiger charge is 2.21. The monoisotopic (exact) mass is 260 g/mol. The Kier molecular flexibility index (Phi) is 3.71. The summed E-state index contributed by atoms with van der Waals surface area (Å²) in [6.45, 7) is 8.87. The number of carbonyl (C=O) groups excluding carboxylic acids is 1. The molecule has 1 N–H and O–H groups in total. The van der Waals surface area contributed by atoms with Gasteiger partial charge in [0, 0.05) is 18.9 Å². The van der Waals surface area contributed by atoms with Crippen LogP contribution in [0.3, 0.4) is 0 Å². The van der Waals surface area contributed by atoms with Gasteiger partial charge in [0.05, 0.1) is 6.54 Å². The van der Waals surface area contributed by atoms with Crippen molar-refractivity contribution >= 4 is 16.9 Å². The van der Waals surface area contributed by atoms with Crippen LogP contribution >= 0.6 is 0 Å². The Hall–Kier alpha value is -1.68. The summed E-state index contributed by atoms with van der Waals surface area (Å²) < 4.78 is 5.56. The van der Waals surface area contributed by atoms with Crippen LogP contribution in [-0.2, 0) is 10.2 Å². The zero-order valence-electron chi connectivity index (χ0n) is 11.9. The topological polar surface area (TPSA) is 55.1 Å². The van der Waals surface area contributed by atoms with Crippen molar-refractivity contribution < 1.29 is 9.21 Å². The highest BCUT2D eigenvalue weighted by atomic mass is 16.3. The van der Waals surface area contributed by atoms with Gasteiger partial charge in [0.15, 0.2) is 11.5 Å². The number of aromatic nitrogens is 1. The zero-order valence-corrected chi connectivity index (χ0v) is 11.9. The maximum absolute atomic E-state index is 11.0. The number of carbonyl (C=O) groups is 1. The van der Waals surface area contributed by atoms with Crippen LogP contribution in [0, 0.1) is 6.92 Å². The average Bonchev–Trinajstić information content (AvgIpc) is 2.67. The van der Waals surface area contributed by atoms with Gasteiger partial charge in [0.2, 0.25) is 0 Å². The standard InChI is InChI=1S/C15H20N2O2/c1-10(18)8-16-9-15(3,4)12-5-6-13-14(7-12)19-11(2)17-13/h5-7,16H,8-9H2,1-4H3. The number of Topliss-reactive ketones (excluding diaryl/α,β-unsaturated/α-hetero) is 1. The van der Waals surface area contributed by atoms with E-state index in [1.165, 1.54) is 5.56 Å². The van der Waals surface area contributed by atoms with E-state index in [9.17, 15) is 4.79 Å². The largest absolute Gasteiger partial charge is 0.441 e. The van der Waals surface area contributed by atoms with Gasteiger partial charge in [-0.25, -0.2) is 4.98 Å². The number of nitrogens with one attached hydrogen (secondary N) is 1. The van der Waals surface area contributed by atoms with Crippen molar-refractivity contribution in [3.05, 3.63) is 29.7 Å². The van der Waals surface area contributed by atoms with Crippen LogP contribution in [0.1, 0.15) is 32.2 Å². The summed E-state index contributed by atoms with van der Waals surface area (Å²) in [6.07, 6.45) is 0. The molecule has 4 nitrogen and oxygen atoms in total. The smallest absolute Gasteiger partial charge is 0.192 e. The fourth-order valence-corrected chi connectivity index (χ4v) is 2.11. The SMILES string of the molecule is CC(=O)CNCC(C)(C)c1ccc2nc(C)oc2c1. The first-order valence-corrected chi connectivity index (χ1v) is 6.46. The number of fused-ring (bicyclic) bond motifs is 1. The lowest BCUT2D eigenvalue weighted by Gasteiger charge is -2.25. The summed E-state index contributed by atoms with van der Waals surface area (Å²) in [5.41, 5.74) is 2.81. The molecule has 102 valence electrons. The minimum atomic E-state index is -0.0651. The summed E-state index contributed by atoms with van der Waals surface area (Å²) in [5, 5.41) is 3.18. The summed E-state index contributed by atoms with van der Waals surface area (Å²) in [4.78, 5) is 15.3. The van der Waals surface area contributed by atoms with Crippen LogP contribution in [0.4, 0.5) is 0 Å². The number of aryl methyl sites for hydroxylation is 1. The Morgan fingerprint density at radius 1 is 1.42 bits per heavy atom. The molecular formula is C15H20N2O2. The van der Waals surface area contributed by atoms with Crippen molar-refractivity contribution in [3.63, 3.8) is 0 Å². The first-order valence-electron chi connectivity index (χ1n) is 6.46. The van der Waals surface area contributed by atoms with Gasteiger partial charge in [-0.1, -0.05) is 19.9 Å². The third-order valence-corrected chi connectivity index (χ3v) is 3.22. The second-order valence-electron chi connectivity index (χ2n) is 5.60. The van der Waals surface area contributed by atoms with Crippen molar-refractivity contribution in [2.45, 2.75) is 33.1 Å². The number of hydrogen-bond donors (Lipinski definition) is 1. The lowest BCUT2D eigenvalue weighted by Crippen LogP contribution is -2.35. The molecule has 0 saturated carbocycles. The van der Waals surface area contributed by atoms with Gasteiger partial charge in [0.1, 0.15) is 11.3 Å². The molecule has 0 aliphatic carbocycles. The van der Waals surface area contributed by atoms with Gasteiger partial charge in [0.25, 0.3) is 0 Å². The Bertz CT molecular complexity index is 599. The average molecular weight is 260 g/mol. The molecule has 1 aromatic carbocycles. The lowest BCUT2D eigenvalue weighted by molar-refractivity contribution is -0.116. The van der Waals surface area contributed by atoms with Gasteiger partial charge < -0.3 is 9.73 Å². The predicted octanol–water partition coefficient (Wildman–Crippen LogP) is 2.59. The number of rotatable bonds is 5. The molecule has 4 heteroatoms. The van der Waals surface area contributed by atoms with E-state index in [1.807, 2.05) is 19.1 Å². The van der Waals surface area contributed by atoms with Crippen molar-refractivity contribution in [2.24, 2.45) is 0 Å². The Morgan fingerprint density at radius 3 is 2.84 bits per heavy atom. The second kappa shape index (κ2) is 5.13. The van der Waals surface area contributed by atoms with Gasteiger partial charge in [-0.3, -0.25) is 4.79 Å². The molecule has 0 aliphatic rings. The zero-order chi connectivity index (χ0) is 14.0. The first kappa shape index (κ1) is 13.7. The van der Waals surface area contributed by atoms with E-state index >= 15 is 0 Å². The quantitative estimate of drug-likeness (QED) is 0.897. The molecule has 0 saturated heterocycles. The molecule has 1 aromatic heterocycles. The number of hydrogen-bond acceptors (Lipinski definition) is 4. The fraction of sp³-hybridized carbons (Fsp3) is 0.467. The van der Waals surface area contributed by atoms with Gasteiger partial charge >= 0.3 is 0 Å². The fourth-order valence-electron chi connectivity index (χ4n) is 2.11. The summed E-state index contributed by atoms with van der Waals surface area (Å²) in [5.74, 6) is 0.830. The minimum Gasteiger partial charge on any atom is -0.441 e. The van der Waals surface area contributed by atoms with Crippen molar-refractivity contribution in [2.75, 3.05) is 13.1 Å². The molecule has 0 fully saturated rings. The van der Waals surface area contributed by atoms with E-state index < -0.39 is 0 Å². The Labute approximate surface area is 113 Å². The number of nitrogens with zero attached hydrogens (tertiary/aromatic N) is 1. The van der Waals surface area contributed by atoms with Crippen molar-refractivity contribution in [1.29, 1.82) is 0 Å². The number of oxazole rings is 1. The molecule has 0 unspecified atom stereocenters. The second-order valence-corrected chi connectivity index (χ2v) is 5.60. The lowest BCUT2D eigenvalue weighted by atomic mass is 9.84. The van der Waals surface area contributed by atoms with Gasteiger partial charge in [-0.05, 0) is 24.6 Å². The molecule has 0 radical (unpaired) electrons. The van der Waals surface area contributed by atoms with E-state index in [0.29, 0.717) is 12.4 Å². The highest BCUT2D eigenvalue weighted by molar-refractivity contribution is 5.77. The molecule has 0 amide bonds. The maximum atomic E-state index is 11.0. The number of benzene rings is 1. The van der Waals surface area contributed by atoms with Crippen molar-refractivity contribution in [3.8, 4) is 0 Å². The highest BCUT2D eigenvalue weighted by Crippen LogP contribution is 2.26. The summed E-state index contributed by atoms with van der Waals surface area (Å²) >= 11 is 0. The van der Waals surface area contributed by atoms with Crippen LogP contribution in [0.5, 0.6) is 0 Å². The summed E-state index contributed by atoms with van der Waals surface area (Å²) in [7, 11) is 0. The molecule has 2 rings (SSSR count). The molecule has 0 aliphatic heterocycles. The van der Waals surface area contributed by atoms with E-state index in [2.05, 4.69) is 30.2 Å². The van der Waals surface area contributed by atoms with Crippen LogP contribution in [-0.4, -0.2) is 23.9 Å². The summed E-state index contributed by atoms with van der Waals surface area (Å²) in [6, 6.07) is 6.08. The van der Waals surface area contributed by atoms with Gasteiger partial charge in [-0.15, -0.1) is 0 Å². The molecule has 1 heterocycles. The molecule has 0 bridgehead atoms. The maximum Gasteiger partial charge on any atom is 0.192 e. The van der Waals surface area contributed by atoms with Crippen LogP contribution in [0.15, 0.2) is 22.6 Å². The predicted molar refractivity (Wildman–Crippen MR) is 75.3 cm³/mol. The number of ketones is 1. The third kappa shape index (κ3) is 3.20. The van der Waals surface area contributed by atoms with E-state index in [0.717, 1.165) is 17.6 Å². The van der Waals surface area contributed by atoms with E-state index in [1.54, 1.807) is 6.92 Å². The minimum absolute atomic E-state index is 0.0651. The van der Waals surface area contributed by atoms with Gasteiger partial charge in [-0.2, -0.15) is 0 Å². The Balaban J connectivity index is 2.19. The van der Waals surface area contributed by atoms with Crippen LogP contribution in [0.2, 0.25) is 0 Å². The van der Waals surface area contributed by atoms with Crippen LogP contribution in [0.25, 0.3) is 11.1 Å². The molecular weight excluding hydrogens is 240 g/mol. The first-order chi connectivity index (χ1) is 8.88. The normalized spacial score (nSPS) is 12.0. The molecule has 0 atom stereocenters. The third-order valence-electron chi connectivity index (χ3n) is 3.22. The van der Waals surface area contributed by atoms with Crippen LogP contribution < -0.4 is 5.32 Å².